The molecule has 0 radical (unpaired) electrons. The molecule has 3 N–H and O–H groups in total. The number of Topliss-reactive ketones (excluding diaryl/α,β-unsaturated/α-hetero) is 1. The molecule has 2 aliphatic carbocycles. The summed E-state index contributed by atoms with van der Waals surface area (Å²) in [6.45, 7) is 6.79. The molecular weight excluding hydrogens is 664 g/mol. The number of aliphatic hydroxyl groups excluding tert-OH is 1. The molecule has 3 aliphatic heterocycles. The molecule has 10 unspecified atom stereocenters. The molecule has 0 spiro atoms. The lowest BCUT2D eigenvalue weighted by Crippen LogP contribution is -2.50. The molecule has 2 fully saturated rings. The molecule has 13 heteroatoms. The molecule has 0 aromatic heterocycles. The summed E-state index contributed by atoms with van der Waals surface area (Å²) in [6, 6.07) is 4.31. The third-order valence-electron chi connectivity index (χ3n) is 10.5. The minimum Gasteiger partial charge on any atom is -0.507 e. The Labute approximate surface area is 294 Å². The summed E-state index contributed by atoms with van der Waals surface area (Å²) in [5.74, 6) is -2.10. The van der Waals surface area contributed by atoms with E-state index in [1.807, 2.05) is 6.92 Å². The molecule has 0 bridgehead atoms. The zero-order chi connectivity index (χ0) is 36.5. The number of phenols is 1. The molecule has 10 atom stereocenters. The zero-order valence-electron chi connectivity index (χ0n) is 29.0. The van der Waals surface area contributed by atoms with Gasteiger partial charge in [-0.25, -0.2) is 0 Å². The number of fused-ring (bicyclic) bond motifs is 4. The van der Waals surface area contributed by atoms with E-state index < -0.39 is 71.8 Å². The van der Waals surface area contributed by atoms with Crippen LogP contribution in [0.2, 0.25) is 0 Å². The van der Waals surface area contributed by atoms with E-state index in [1.54, 1.807) is 19.9 Å². The number of carbonyl (C=O) groups is 4. The fourth-order valence-corrected chi connectivity index (χ4v) is 7.93. The SMILES string of the molecule is COc1cc2c(c3c1CC(C)(O)CC3=O)C(=O)c1ccc(C3CC(O)C(OC4CCC(OC5C=CC(=O)C(C)O5)C(C)O4)C(C)O3)c(O)c1C2=O. The predicted molar refractivity (Wildman–Crippen MR) is 177 cm³/mol. The quantitative estimate of drug-likeness (QED) is 0.339. The highest BCUT2D eigenvalue weighted by Gasteiger charge is 2.45. The van der Waals surface area contributed by atoms with Crippen molar-refractivity contribution in [2.75, 3.05) is 7.11 Å². The van der Waals surface area contributed by atoms with E-state index in [0.29, 0.717) is 18.4 Å². The van der Waals surface area contributed by atoms with Crippen molar-refractivity contribution in [2.45, 2.75) is 121 Å². The van der Waals surface area contributed by atoms with Crippen molar-refractivity contribution in [2.24, 2.45) is 0 Å². The first-order valence-corrected chi connectivity index (χ1v) is 17.3. The van der Waals surface area contributed by atoms with Crippen LogP contribution in [0, 0.1) is 0 Å². The molecule has 2 saturated heterocycles. The van der Waals surface area contributed by atoms with Gasteiger partial charge in [-0.1, -0.05) is 6.07 Å². The van der Waals surface area contributed by atoms with Crippen molar-refractivity contribution >= 4 is 23.1 Å². The largest absolute Gasteiger partial charge is 0.507 e. The number of rotatable bonds is 6. The third kappa shape index (κ3) is 6.35. The first kappa shape index (κ1) is 35.6. The van der Waals surface area contributed by atoms with Gasteiger partial charge in [-0.05, 0) is 58.4 Å². The fourth-order valence-electron chi connectivity index (χ4n) is 7.93. The monoisotopic (exact) mass is 706 g/mol. The number of methoxy groups -OCH3 is 1. The van der Waals surface area contributed by atoms with Crippen LogP contribution in [0.25, 0.3) is 0 Å². The second-order valence-corrected chi connectivity index (χ2v) is 14.4. The van der Waals surface area contributed by atoms with E-state index in [2.05, 4.69) is 0 Å². The maximum absolute atomic E-state index is 14.0. The molecule has 3 heterocycles. The topological polar surface area (TPSA) is 184 Å². The summed E-state index contributed by atoms with van der Waals surface area (Å²) >= 11 is 0. The molecule has 2 aromatic rings. The van der Waals surface area contributed by atoms with Crippen molar-refractivity contribution in [3.05, 3.63) is 69.3 Å². The number of ketones is 4. The summed E-state index contributed by atoms with van der Waals surface area (Å²) in [6.07, 6.45) is -1.88. The van der Waals surface area contributed by atoms with Gasteiger partial charge in [-0.2, -0.15) is 0 Å². The molecule has 272 valence electrons. The van der Waals surface area contributed by atoms with Crippen LogP contribution >= 0.6 is 0 Å². The van der Waals surface area contributed by atoms with E-state index in [1.165, 1.54) is 38.3 Å². The Balaban J connectivity index is 1.06. The predicted octanol–water partition coefficient (Wildman–Crippen LogP) is 3.43. The van der Waals surface area contributed by atoms with Crippen molar-refractivity contribution in [1.82, 2.24) is 0 Å². The normalized spacial score (nSPS) is 34.9. The number of benzene rings is 2. The van der Waals surface area contributed by atoms with Crippen LogP contribution in [0.1, 0.15) is 113 Å². The third-order valence-corrected chi connectivity index (χ3v) is 10.5. The summed E-state index contributed by atoms with van der Waals surface area (Å²) in [5, 5.41) is 33.5. The number of aromatic hydroxyl groups is 1. The maximum atomic E-state index is 14.0. The van der Waals surface area contributed by atoms with Crippen molar-refractivity contribution in [3.8, 4) is 11.5 Å². The molecule has 7 rings (SSSR count). The minimum absolute atomic E-state index is 0.0199. The van der Waals surface area contributed by atoms with Crippen LogP contribution in [-0.2, 0) is 34.9 Å². The highest BCUT2D eigenvalue weighted by atomic mass is 16.7. The summed E-state index contributed by atoms with van der Waals surface area (Å²) < 4.78 is 35.7. The van der Waals surface area contributed by atoms with Gasteiger partial charge in [0.25, 0.3) is 0 Å². The van der Waals surface area contributed by atoms with Gasteiger partial charge in [0.2, 0.25) is 0 Å². The maximum Gasteiger partial charge on any atom is 0.198 e. The molecule has 2 aromatic carbocycles. The van der Waals surface area contributed by atoms with Gasteiger partial charge in [0.1, 0.15) is 23.7 Å². The number of hydrogen-bond donors (Lipinski definition) is 3. The van der Waals surface area contributed by atoms with Crippen LogP contribution in [0.3, 0.4) is 0 Å². The Hall–Kier alpha value is -3.82. The first-order valence-electron chi connectivity index (χ1n) is 17.3. The van der Waals surface area contributed by atoms with Gasteiger partial charge in [-0.15, -0.1) is 0 Å². The average molecular weight is 707 g/mol. The summed E-state index contributed by atoms with van der Waals surface area (Å²) in [7, 11) is 1.38. The van der Waals surface area contributed by atoms with E-state index in [9.17, 15) is 34.5 Å². The van der Waals surface area contributed by atoms with E-state index >= 15 is 0 Å². The molecule has 0 saturated carbocycles. The van der Waals surface area contributed by atoms with Crippen LogP contribution in [0.15, 0.2) is 30.4 Å². The van der Waals surface area contributed by atoms with E-state index in [4.69, 9.17) is 28.4 Å². The standard InChI is InChI=1S/C38H42O13/c1-16-23(39)8-10-29(48-16)50-26-9-11-30(49-17(26)2)51-37-18(3)47-28(13-24(37)40)19-6-7-20-33(34(19)42)36(44)21-12-27(46-5)22-14-38(4,45)15-25(41)31(22)32(21)35(20)43/h6-8,10,12,16-18,24,26,28-30,37,40,42,45H,9,11,13-15H2,1-5H3. The second-order valence-electron chi connectivity index (χ2n) is 14.4. The van der Waals surface area contributed by atoms with Gasteiger partial charge in [-0.3, -0.25) is 19.2 Å². The van der Waals surface area contributed by atoms with Gasteiger partial charge < -0.3 is 43.7 Å². The minimum atomic E-state index is -1.34. The zero-order valence-corrected chi connectivity index (χ0v) is 29.0. The molecular formula is C38H42O13. The Bertz CT molecular complexity index is 1820. The lowest BCUT2D eigenvalue weighted by molar-refractivity contribution is -0.292. The Morgan fingerprint density at radius 3 is 2.31 bits per heavy atom. The number of phenolic OH excluding ortho intramolecular Hbond substituents is 1. The molecule has 51 heavy (non-hydrogen) atoms. The van der Waals surface area contributed by atoms with Crippen LogP contribution < -0.4 is 4.74 Å². The summed E-state index contributed by atoms with van der Waals surface area (Å²) in [5.41, 5.74) is -1.11. The molecule has 5 aliphatic rings. The lowest BCUT2D eigenvalue weighted by atomic mass is 9.72. The van der Waals surface area contributed by atoms with Gasteiger partial charge >= 0.3 is 0 Å². The smallest absolute Gasteiger partial charge is 0.198 e. The summed E-state index contributed by atoms with van der Waals surface area (Å²) in [4.78, 5) is 52.9. The molecule has 0 amide bonds. The molecule has 13 nitrogen and oxygen atoms in total. The number of aliphatic hydroxyl groups is 2. The second kappa shape index (κ2) is 13.3. The average Bonchev–Trinajstić information content (AvgIpc) is 3.06. The van der Waals surface area contributed by atoms with Crippen LogP contribution in [-0.4, -0.2) is 100 Å². The fraction of sp³-hybridized carbons (Fsp3) is 0.526. The number of hydrogen-bond acceptors (Lipinski definition) is 13. The number of carbonyl (C=O) groups excluding carboxylic acids is 4. The van der Waals surface area contributed by atoms with Crippen LogP contribution in [0.4, 0.5) is 0 Å². The van der Waals surface area contributed by atoms with E-state index in [0.717, 1.165) is 0 Å². The number of ether oxygens (including phenoxy) is 6. The highest BCUT2D eigenvalue weighted by Crippen LogP contribution is 2.46. The Kier molecular flexibility index (Phi) is 9.28. The van der Waals surface area contributed by atoms with Crippen molar-refractivity contribution in [1.29, 1.82) is 0 Å². The first-order chi connectivity index (χ1) is 24.2. The Morgan fingerprint density at radius 1 is 0.882 bits per heavy atom. The van der Waals surface area contributed by atoms with Gasteiger partial charge in [0, 0.05) is 59.1 Å². The van der Waals surface area contributed by atoms with Crippen LogP contribution in [0.5, 0.6) is 11.5 Å². The lowest BCUT2D eigenvalue weighted by Gasteiger charge is -2.42. The van der Waals surface area contributed by atoms with Gasteiger partial charge in [0.15, 0.2) is 35.7 Å². The van der Waals surface area contributed by atoms with E-state index in [-0.39, 0.29) is 76.4 Å². The van der Waals surface area contributed by atoms with Crippen molar-refractivity contribution < 1.29 is 62.9 Å². The van der Waals surface area contributed by atoms with Crippen molar-refractivity contribution in [3.63, 3.8) is 0 Å². The highest BCUT2D eigenvalue weighted by molar-refractivity contribution is 6.32. The van der Waals surface area contributed by atoms with Gasteiger partial charge in [0.05, 0.1) is 48.8 Å². The Morgan fingerprint density at radius 2 is 1.63 bits per heavy atom.